The van der Waals surface area contributed by atoms with Gasteiger partial charge in [-0.15, -0.1) is 0 Å². The minimum Gasteiger partial charge on any atom is -0.467 e. The molecule has 1 aromatic carbocycles. The summed E-state index contributed by atoms with van der Waals surface area (Å²) in [6.45, 7) is 4.50. The van der Waals surface area contributed by atoms with Crippen LogP contribution in [0.4, 0.5) is 5.69 Å². The lowest BCUT2D eigenvalue weighted by molar-refractivity contribution is -0.148. The number of hydrogen-bond acceptors (Lipinski definition) is 4. The number of carbonyl (C=O) groups is 1. The fraction of sp³-hybridized carbons (Fsp3) is 0.500. The van der Waals surface area contributed by atoms with Gasteiger partial charge < -0.3 is 9.64 Å². The van der Waals surface area contributed by atoms with E-state index in [0.717, 1.165) is 11.3 Å². The number of likely N-dealkylation sites (N-methyl/N-ethyl adjacent to an activating group) is 1. The van der Waals surface area contributed by atoms with E-state index >= 15 is 0 Å². The summed E-state index contributed by atoms with van der Waals surface area (Å²) < 4.78 is 4.89. The van der Waals surface area contributed by atoms with Crippen molar-refractivity contribution in [3.8, 4) is 0 Å². The molecule has 1 N–H and O–H groups in total. The van der Waals surface area contributed by atoms with E-state index in [9.17, 15) is 4.79 Å². The van der Waals surface area contributed by atoms with Gasteiger partial charge in [-0.3, -0.25) is 5.32 Å². The average molecular weight is 250 g/mol. The normalized spacial score (nSPS) is 13.8. The number of benzene rings is 1. The Morgan fingerprint density at radius 1 is 1.33 bits per heavy atom. The molecule has 0 radical (unpaired) electrons. The quantitative estimate of drug-likeness (QED) is 0.808. The van der Waals surface area contributed by atoms with Crippen molar-refractivity contribution < 1.29 is 9.53 Å². The fourth-order valence-electron chi connectivity index (χ4n) is 1.94. The first-order valence-corrected chi connectivity index (χ1v) is 6.07. The molecule has 4 heteroatoms. The Bertz CT molecular complexity index is 401. The van der Waals surface area contributed by atoms with Crippen LogP contribution in [0.15, 0.2) is 24.3 Å². The molecule has 1 atom stereocenters. The number of anilines is 1. The number of rotatable bonds is 5. The summed E-state index contributed by atoms with van der Waals surface area (Å²) in [5.74, 6) is -0.276. The second kappa shape index (κ2) is 5.87. The Morgan fingerprint density at radius 3 is 2.28 bits per heavy atom. The highest BCUT2D eigenvalue weighted by molar-refractivity contribution is 5.82. The standard InChI is InChI=1S/C14H22N2O2/c1-6-15-14(2,13(17)18-5)11-7-9-12(10-8-11)16(3)4/h7-10,15H,6H2,1-5H3. The van der Waals surface area contributed by atoms with Crippen LogP contribution < -0.4 is 10.2 Å². The van der Waals surface area contributed by atoms with E-state index in [1.54, 1.807) is 0 Å². The molecule has 100 valence electrons. The maximum Gasteiger partial charge on any atom is 0.330 e. The molecule has 18 heavy (non-hydrogen) atoms. The van der Waals surface area contributed by atoms with Gasteiger partial charge in [0.05, 0.1) is 7.11 Å². The first-order chi connectivity index (χ1) is 8.45. The van der Waals surface area contributed by atoms with E-state index in [1.165, 1.54) is 7.11 Å². The summed E-state index contributed by atoms with van der Waals surface area (Å²) in [7, 11) is 5.38. The topological polar surface area (TPSA) is 41.6 Å². The fourth-order valence-corrected chi connectivity index (χ4v) is 1.94. The summed E-state index contributed by atoms with van der Waals surface area (Å²) in [5, 5.41) is 3.19. The van der Waals surface area contributed by atoms with Crippen molar-refractivity contribution in [1.29, 1.82) is 0 Å². The summed E-state index contributed by atoms with van der Waals surface area (Å²) in [5.41, 5.74) is 1.21. The van der Waals surface area contributed by atoms with Crippen molar-refractivity contribution >= 4 is 11.7 Å². The Hall–Kier alpha value is -1.55. The molecule has 0 amide bonds. The molecule has 0 saturated heterocycles. The second-order valence-electron chi connectivity index (χ2n) is 4.59. The highest BCUT2D eigenvalue weighted by Crippen LogP contribution is 2.24. The molecular formula is C14H22N2O2. The molecule has 0 saturated carbocycles. The van der Waals surface area contributed by atoms with Crippen LogP contribution >= 0.6 is 0 Å². The summed E-state index contributed by atoms with van der Waals surface area (Å²) in [6.07, 6.45) is 0. The third kappa shape index (κ3) is 2.82. The zero-order valence-electron chi connectivity index (χ0n) is 11.8. The highest BCUT2D eigenvalue weighted by atomic mass is 16.5. The van der Waals surface area contributed by atoms with E-state index < -0.39 is 5.54 Å². The molecule has 1 aromatic rings. The largest absolute Gasteiger partial charge is 0.467 e. The van der Waals surface area contributed by atoms with Crippen molar-refractivity contribution in [3.63, 3.8) is 0 Å². The van der Waals surface area contributed by atoms with Gasteiger partial charge in [-0.25, -0.2) is 4.79 Å². The molecule has 0 fully saturated rings. The molecule has 0 aromatic heterocycles. The lowest BCUT2D eigenvalue weighted by Gasteiger charge is -2.28. The molecule has 0 heterocycles. The van der Waals surface area contributed by atoms with Crippen LogP contribution in [0.25, 0.3) is 0 Å². The monoisotopic (exact) mass is 250 g/mol. The number of nitrogens with zero attached hydrogens (tertiary/aromatic N) is 1. The Labute approximate surface area is 109 Å². The number of esters is 1. The Balaban J connectivity index is 3.10. The lowest BCUT2D eigenvalue weighted by atomic mass is 9.91. The van der Waals surface area contributed by atoms with Crippen LogP contribution in [0.2, 0.25) is 0 Å². The molecule has 1 unspecified atom stereocenters. The number of carbonyl (C=O) groups excluding carboxylic acids is 1. The predicted molar refractivity (Wildman–Crippen MR) is 73.8 cm³/mol. The van der Waals surface area contributed by atoms with E-state index in [0.29, 0.717) is 6.54 Å². The SMILES string of the molecule is CCNC(C)(C(=O)OC)c1ccc(N(C)C)cc1. The van der Waals surface area contributed by atoms with Crippen molar-refractivity contribution in [2.24, 2.45) is 0 Å². The van der Waals surface area contributed by atoms with Crippen molar-refractivity contribution in [1.82, 2.24) is 5.32 Å². The van der Waals surface area contributed by atoms with Gasteiger partial charge in [0, 0.05) is 19.8 Å². The third-order valence-corrected chi connectivity index (χ3v) is 3.09. The minimum atomic E-state index is -0.797. The third-order valence-electron chi connectivity index (χ3n) is 3.09. The van der Waals surface area contributed by atoms with Gasteiger partial charge in [0.2, 0.25) is 0 Å². The first kappa shape index (κ1) is 14.5. The summed E-state index contributed by atoms with van der Waals surface area (Å²) >= 11 is 0. The summed E-state index contributed by atoms with van der Waals surface area (Å²) in [4.78, 5) is 14.0. The average Bonchev–Trinajstić information content (AvgIpc) is 2.38. The highest BCUT2D eigenvalue weighted by Gasteiger charge is 2.35. The zero-order valence-corrected chi connectivity index (χ0v) is 11.8. The van der Waals surface area contributed by atoms with Gasteiger partial charge in [-0.05, 0) is 31.2 Å². The van der Waals surface area contributed by atoms with Crippen LogP contribution in [0.3, 0.4) is 0 Å². The van der Waals surface area contributed by atoms with Crippen LogP contribution in [0.5, 0.6) is 0 Å². The number of ether oxygens (including phenoxy) is 1. The Morgan fingerprint density at radius 2 is 1.89 bits per heavy atom. The van der Waals surface area contributed by atoms with Crippen LogP contribution in [-0.2, 0) is 15.1 Å². The molecule has 0 spiro atoms. The molecule has 0 aliphatic carbocycles. The maximum absolute atomic E-state index is 11.9. The molecule has 4 nitrogen and oxygen atoms in total. The van der Waals surface area contributed by atoms with E-state index in [2.05, 4.69) is 5.32 Å². The van der Waals surface area contributed by atoms with Gasteiger partial charge in [-0.2, -0.15) is 0 Å². The minimum absolute atomic E-state index is 0.276. The van der Waals surface area contributed by atoms with Gasteiger partial charge in [0.15, 0.2) is 0 Å². The van der Waals surface area contributed by atoms with E-state index in [4.69, 9.17) is 4.74 Å². The Kier molecular flexibility index (Phi) is 4.73. The molecule has 0 aliphatic heterocycles. The smallest absolute Gasteiger partial charge is 0.330 e. The van der Waals surface area contributed by atoms with E-state index in [-0.39, 0.29) is 5.97 Å². The van der Waals surface area contributed by atoms with Gasteiger partial charge >= 0.3 is 5.97 Å². The van der Waals surface area contributed by atoms with Gasteiger partial charge in [0.1, 0.15) is 5.54 Å². The second-order valence-corrected chi connectivity index (χ2v) is 4.59. The van der Waals surface area contributed by atoms with Crippen molar-refractivity contribution in [2.75, 3.05) is 32.6 Å². The van der Waals surface area contributed by atoms with Crippen molar-refractivity contribution in [2.45, 2.75) is 19.4 Å². The predicted octanol–water partition coefficient (Wildman–Crippen LogP) is 1.75. The molecule has 0 aliphatic rings. The zero-order chi connectivity index (χ0) is 13.8. The van der Waals surface area contributed by atoms with Crippen LogP contribution in [-0.4, -0.2) is 33.7 Å². The van der Waals surface area contributed by atoms with E-state index in [1.807, 2.05) is 57.1 Å². The molecule has 1 rings (SSSR count). The van der Waals surface area contributed by atoms with Crippen molar-refractivity contribution in [3.05, 3.63) is 29.8 Å². The number of nitrogens with one attached hydrogen (secondary N) is 1. The molecule has 0 bridgehead atoms. The first-order valence-electron chi connectivity index (χ1n) is 6.07. The van der Waals surface area contributed by atoms with Crippen LogP contribution in [0.1, 0.15) is 19.4 Å². The van der Waals surface area contributed by atoms with Gasteiger partial charge in [-0.1, -0.05) is 19.1 Å². The number of hydrogen-bond donors (Lipinski definition) is 1. The van der Waals surface area contributed by atoms with Crippen LogP contribution in [0, 0.1) is 0 Å². The van der Waals surface area contributed by atoms with Gasteiger partial charge in [0.25, 0.3) is 0 Å². The summed E-state index contributed by atoms with van der Waals surface area (Å²) in [6, 6.07) is 7.89. The number of methoxy groups -OCH3 is 1. The maximum atomic E-state index is 11.9. The molecular weight excluding hydrogens is 228 g/mol. The lowest BCUT2D eigenvalue weighted by Crippen LogP contribution is -2.47.